The molecule has 0 spiro atoms. The van der Waals surface area contributed by atoms with E-state index in [-0.39, 0.29) is 29.0 Å². The van der Waals surface area contributed by atoms with Crippen molar-refractivity contribution in [1.82, 2.24) is 14.7 Å². The molecule has 2 N–H and O–H groups in total. The predicted octanol–water partition coefficient (Wildman–Crippen LogP) is 0.537. The number of amides is 3. The smallest absolute Gasteiger partial charge is 0.319 e. The minimum atomic E-state index is -0.266. The Bertz CT molecular complexity index is 531. The zero-order valence-electron chi connectivity index (χ0n) is 12.1. The molecule has 0 unspecified atom stereocenters. The van der Waals surface area contributed by atoms with E-state index in [2.05, 4.69) is 0 Å². The van der Waals surface area contributed by atoms with Crippen molar-refractivity contribution in [3.63, 3.8) is 0 Å². The average Bonchev–Trinajstić information content (AvgIpc) is 2.44. The van der Waals surface area contributed by atoms with Crippen molar-refractivity contribution < 1.29 is 19.8 Å². The van der Waals surface area contributed by atoms with Gasteiger partial charge in [0.1, 0.15) is 11.5 Å². The van der Waals surface area contributed by atoms with Gasteiger partial charge in [-0.15, -0.1) is 0 Å². The van der Waals surface area contributed by atoms with Crippen LogP contribution in [0.15, 0.2) is 18.2 Å². The standard InChI is InChI=1S/C14H19N3O4/c1-15(2)14(21)17-5-3-16(4-6-17)13(20)10-7-11(18)9-12(19)8-10/h7-9,18-19H,3-6H2,1-2H3. The van der Waals surface area contributed by atoms with Crippen molar-refractivity contribution in [3.8, 4) is 11.5 Å². The molecule has 114 valence electrons. The molecule has 2 rings (SSSR count). The molecule has 1 aromatic carbocycles. The molecule has 0 aromatic heterocycles. The zero-order chi connectivity index (χ0) is 15.6. The number of carbonyl (C=O) groups is 2. The lowest BCUT2D eigenvalue weighted by molar-refractivity contribution is 0.0649. The number of nitrogens with zero attached hydrogens (tertiary/aromatic N) is 3. The van der Waals surface area contributed by atoms with Gasteiger partial charge in [0.25, 0.3) is 5.91 Å². The highest BCUT2D eigenvalue weighted by Crippen LogP contribution is 2.22. The number of piperazine rings is 1. The van der Waals surface area contributed by atoms with Crippen LogP contribution in [0.4, 0.5) is 4.79 Å². The summed E-state index contributed by atoms with van der Waals surface area (Å²) in [5.74, 6) is -0.572. The third-order valence-corrected chi connectivity index (χ3v) is 3.37. The first-order chi connectivity index (χ1) is 9.88. The molecule has 0 bridgehead atoms. The van der Waals surface area contributed by atoms with Crippen molar-refractivity contribution in [2.45, 2.75) is 0 Å². The largest absolute Gasteiger partial charge is 0.508 e. The molecule has 0 radical (unpaired) electrons. The average molecular weight is 293 g/mol. The van der Waals surface area contributed by atoms with Crippen LogP contribution in [0.2, 0.25) is 0 Å². The summed E-state index contributed by atoms with van der Waals surface area (Å²) in [7, 11) is 3.38. The predicted molar refractivity (Wildman–Crippen MR) is 76.3 cm³/mol. The van der Waals surface area contributed by atoms with Crippen molar-refractivity contribution in [2.75, 3.05) is 40.3 Å². The van der Waals surface area contributed by atoms with Crippen LogP contribution in [-0.4, -0.2) is 77.1 Å². The topological polar surface area (TPSA) is 84.3 Å². The van der Waals surface area contributed by atoms with E-state index < -0.39 is 0 Å². The molecule has 21 heavy (non-hydrogen) atoms. The number of hydrogen-bond acceptors (Lipinski definition) is 4. The zero-order valence-corrected chi connectivity index (χ0v) is 12.1. The molecule has 7 heteroatoms. The van der Waals surface area contributed by atoms with Gasteiger partial charge in [-0.3, -0.25) is 4.79 Å². The van der Waals surface area contributed by atoms with E-state index in [0.717, 1.165) is 0 Å². The number of hydrogen-bond donors (Lipinski definition) is 2. The van der Waals surface area contributed by atoms with E-state index in [1.165, 1.54) is 23.1 Å². The van der Waals surface area contributed by atoms with Gasteiger partial charge in [0.2, 0.25) is 0 Å². The molecule has 1 heterocycles. The number of phenols is 2. The number of urea groups is 1. The highest BCUT2D eigenvalue weighted by atomic mass is 16.3. The Hall–Kier alpha value is -2.44. The summed E-state index contributed by atoms with van der Waals surface area (Å²) in [6, 6.07) is 3.74. The lowest BCUT2D eigenvalue weighted by Gasteiger charge is -2.36. The second-order valence-electron chi connectivity index (χ2n) is 5.19. The van der Waals surface area contributed by atoms with Gasteiger partial charge in [-0.1, -0.05) is 0 Å². The maximum absolute atomic E-state index is 12.3. The van der Waals surface area contributed by atoms with Crippen molar-refractivity contribution in [3.05, 3.63) is 23.8 Å². The van der Waals surface area contributed by atoms with Crippen LogP contribution in [0.1, 0.15) is 10.4 Å². The number of benzene rings is 1. The van der Waals surface area contributed by atoms with Gasteiger partial charge in [0.15, 0.2) is 0 Å². The summed E-state index contributed by atoms with van der Waals surface area (Å²) in [4.78, 5) is 28.9. The fourth-order valence-corrected chi connectivity index (χ4v) is 2.28. The Labute approximate surface area is 123 Å². The third kappa shape index (κ3) is 3.36. The minimum absolute atomic E-state index is 0.0721. The molecule has 7 nitrogen and oxygen atoms in total. The molecule has 1 aliphatic rings. The van der Waals surface area contributed by atoms with Gasteiger partial charge in [-0.05, 0) is 12.1 Å². The van der Waals surface area contributed by atoms with Gasteiger partial charge >= 0.3 is 6.03 Å². The second-order valence-corrected chi connectivity index (χ2v) is 5.19. The van der Waals surface area contributed by atoms with Crippen molar-refractivity contribution >= 4 is 11.9 Å². The SMILES string of the molecule is CN(C)C(=O)N1CCN(C(=O)c2cc(O)cc(O)c2)CC1. The first kappa shape index (κ1) is 15.0. The Morgan fingerprint density at radius 3 is 1.90 bits per heavy atom. The summed E-state index contributed by atoms with van der Waals surface area (Å²) in [6.07, 6.45) is 0. The maximum atomic E-state index is 12.3. The number of rotatable bonds is 1. The fraction of sp³-hybridized carbons (Fsp3) is 0.429. The Balaban J connectivity index is 2.02. The molecule has 1 aromatic rings. The molecule has 0 saturated carbocycles. The molecular formula is C14H19N3O4. The van der Waals surface area contributed by atoms with E-state index in [0.29, 0.717) is 26.2 Å². The lowest BCUT2D eigenvalue weighted by Crippen LogP contribution is -2.52. The monoisotopic (exact) mass is 293 g/mol. The molecule has 1 saturated heterocycles. The molecule has 1 aliphatic heterocycles. The van der Waals surface area contributed by atoms with E-state index in [1.807, 2.05) is 0 Å². The quantitative estimate of drug-likeness (QED) is 0.791. The van der Waals surface area contributed by atoms with Crippen molar-refractivity contribution in [1.29, 1.82) is 0 Å². The minimum Gasteiger partial charge on any atom is -0.508 e. The molecular weight excluding hydrogens is 274 g/mol. The summed E-state index contributed by atoms with van der Waals surface area (Å²) < 4.78 is 0. The van der Waals surface area contributed by atoms with E-state index in [4.69, 9.17) is 0 Å². The van der Waals surface area contributed by atoms with Crippen LogP contribution in [0.25, 0.3) is 0 Å². The van der Waals surface area contributed by atoms with Crippen LogP contribution in [0.5, 0.6) is 11.5 Å². The Morgan fingerprint density at radius 1 is 0.952 bits per heavy atom. The Morgan fingerprint density at radius 2 is 1.43 bits per heavy atom. The summed E-state index contributed by atoms with van der Waals surface area (Å²) in [6.45, 7) is 1.78. The third-order valence-electron chi connectivity index (χ3n) is 3.37. The first-order valence-electron chi connectivity index (χ1n) is 6.67. The van der Waals surface area contributed by atoms with Crippen LogP contribution in [-0.2, 0) is 0 Å². The number of carbonyl (C=O) groups excluding carboxylic acids is 2. The van der Waals surface area contributed by atoms with Crippen LogP contribution in [0, 0.1) is 0 Å². The highest BCUT2D eigenvalue weighted by Gasteiger charge is 2.25. The number of aromatic hydroxyl groups is 2. The first-order valence-corrected chi connectivity index (χ1v) is 6.67. The Kier molecular flexibility index (Phi) is 4.21. The van der Waals surface area contributed by atoms with Crippen LogP contribution < -0.4 is 0 Å². The van der Waals surface area contributed by atoms with Crippen LogP contribution in [0.3, 0.4) is 0 Å². The highest BCUT2D eigenvalue weighted by molar-refractivity contribution is 5.95. The second kappa shape index (κ2) is 5.90. The van der Waals surface area contributed by atoms with Gasteiger partial charge < -0.3 is 24.9 Å². The van der Waals surface area contributed by atoms with E-state index in [9.17, 15) is 19.8 Å². The lowest BCUT2D eigenvalue weighted by atomic mass is 10.1. The van der Waals surface area contributed by atoms with E-state index >= 15 is 0 Å². The van der Waals surface area contributed by atoms with Gasteiger partial charge in [-0.25, -0.2) is 4.79 Å². The summed E-state index contributed by atoms with van der Waals surface area (Å²) >= 11 is 0. The van der Waals surface area contributed by atoms with Crippen LogP contribution >= 0.6 is 0 Å². The van der Waals surface area contributed by atoms with Crippen molar-refractivity contribution in [2.24, 2.45) is 0 Å². The molecule has 3 amide bonds. The summed E-state index contributed by atoms with van der Waals surface area (Å²) in [5.41, 5.74) is 0.236. The van der Waals surface area contributed by atoms with Gasteiger partial charge in [-0.2, -0.15) is 0 Å². The molecule has 0 atom stereocenters. The maximum Gasteiger partial charge on any atom is 0.319 e. The van der Waals surface area contributed by atoms with Gasteiger partial charge in [0, 0.05) is 51.9 Å². The fourth-order valence-electron chi connectivity index (χ4n) is 2.28. The summed E-state index contributed by atoms with van der Waals surface area (Å²) in [5, 5.41) is 18.9. The normalized spacial score (nSPS) is 15.0. The molecule has 0 aliphatic carbocycles. The van der Waals surface area contributed by atoms with E-state index in [1.54, 1.807) is 23.9 Å². The van der Waals surface area contributed by atoms with Gasteiger partial charge in [0.05, 0.1) is 0 Å². The molecule has 1 fully saturated rings. The number of phenolic OH excluding ortho intramolecular Hbond substituents is 2.